The molecule has 0 aliphatic carbocycles. The summed E-state index contributed by atoms with van der Waals surface area (Å²) in [6, 6.07) is 11.4. The van der Waals surface area contributed by atoms with Crippen LogP contribution in [0.1, 0.15) is 16.8 Å². The minimum atomic E-state index is 0.282. The molecule has 0 bridgehead atoms. The Balaban J connectivity index is 1.80. The fourth-order valence-electron chi connectivity index (χ4n) is 3.19. The van der Waals surface area contributed by atoms with E-state index in [1.807, 2.05) is 29.1 Å². The van der Waals surface area contributed by atoms with Gasteiger partial charge < -0.3 is 5.11 Å². The molecule has 0 radical (unpaired) electrons. The van der Waals surface area contributed by atoms with Gasteiger partial charge in [0.15, 0.2) is 0 Å². The molecule has 4 rings (SSSR count). The molecule has 0 unspecified atom stereocenters. The predicted octanol–water partition coefficient (Wildman–Crippen LogP) is 2.64. The third-order valence-electron chi connectivity index (χ3n) is 4.16. The summed E-state index contributed by atoms with van der Waals surface area (Å²) in [7, 11) is 2.11. The number of hydrogen-bond donors (Lipinski definition) is 1. The molecule has 1 N–H and O–H groups in total. The topological polar surface area (TPSA) is 54.2 Å². The minimum Gasteiger partial charge on any atom is -0.508 e. The molecule has 2 aromatic heterocycles. The highest BCUT2D eigenvalue weighted by Crippen LogP contribution is 2.32. The van der Waals surface area contributed by atoms with Gasteiger partial charge in [-0.2, -0.15) is 5.10 Å². The number of fused-ring (bicyclic) bond motifs is 1. The van der Waals surface area contributed by atoms with Crippen molar-refractivity contribution in [2.45, 2.75) is 19.6 Å². The minimum absolute atomic E-state index is 0.282. The third kappa shape index (κ3) is 2.59. The van der Waals surface area contributed by atoms with E-state index in [2.05, 4.69) is 23.0 Å². The molecule has 0 saturated heterocycles. The summed E-state index contributed by atoms with van der Waals surface area (Å²) in [5, 5.41) is 14.5. The monoisotopic (exact) mass is 306 g/mol. The van der Waals surface area contributed by atoms with Crippen molar-refractivity contribution >= 4 is 0 Å². The molecule has 0 atom stereocenters. The second-order valence-corrected chi connectivity index (χ2v) is 6.02. The van der Waals surface area contributed by atoms with Crippen molar-refractivity contribution in [2.75, 3.05) is 7.05 Å². The van der Waals surface area contributed by atoms with Crippen molar-refractivity contribution < 1.29 is 5.11 Å². The van der Waals surface area contributed by atoms with E-state index >= 15 is 0 Å². The van der Waals surface area contributed by atoms with E-state index in [1.54, 1.807) is 18.3 Å². The average Bonchev–Trinajstić information content (AvgIpc) is 3.03. The van der Waals surface area contributed by atoms with Crippen LogP contribution in [0.5, 0.6) is 5.75 Å². The molecule has 116 valence electrons. The van der Waals surface area contributed by atoms with Crippen LogP contribution in [0.25, 0.3) is 11.3 Å². The smallest absolute Gasteiger partial charge is 0.115 e. The molecule has 1 aromatic carbocycles. The van der Waals surface area contributed by atoms with Crippen LogP contribution in [0.15, 0.2) is 48.8 Å². The van der Waals surface area contributed by atoms with Gasteiger partial charge in [-0.15, -0.1) is 0 Å². The largest absolute Gasteiger partial charge is 0.508 e. The van der Waals surface area contributed by atoms with Gasteiger partial charge in [-0.05, 0) is 36.9 Å². The zero-order chi connectivity index (χ0) is 15.8. The van der Waals surface area contributed by atoms with E-state index in [9.17, 15) is 5.11 Å². The lowest BCUT2D eigenvalue weighted by molar-refractivity contribution is 0.346. The van der Waals surface area contributed by atoms with Gasteiger partial charge in [-0.1, -0.05) is 12.1 Å². The van der Waals surface area contributed by atoms with Gasteiger partial charge in [0.05, 0.1) is 17.9 Å². The van der Waals surface area contributed by atoms with Gasteiger partial charge in [0.2, 0.25) is 0 Å². The number of phenols is 1. The Kier molecular flexibility index (Phi) is 3.35. The summed E-state index contributed by atoms with van der Waals surface area (Å²) in [5.74, 6) is 0.282. The van der Waals surface area contributed by atoms with Crippen molar-refractivity contribution in [1.29, 1.82) is 0 Å². The summed E-state index contributed by atoms with van der Waals surface area (Å²) in [6.07, 6.45) is 3.67. The van der Waals surface area contributed by atoms with Crippen LogP contribution in [0.4, 0.5) is 0 Å². The van der Waals surface area contributed by atoms with E-state index in [-0.39, 0.29) is 5.75 Å². The highest BCUT2D eigenvalue weighted by molar-refractivity contribution is 5.64. The molecule has 3 heterocycles. The molecule has 0 amide bonds. The quantitative estimate of drug-likeness (QED) is 0.808. The molecular formula is C18H18N4O. The molecule has 0 fully saturated rings. The Morgan fingerprint density at radius 1 is 1.17 bits per heavy atom. The number of rotatable bonds is 3. The number of benzene rings is 1. The maximum atomic E-state index is 9.68. The molecule has 3 aromatic rings. The highest BCUT2D eigenvalue weighted by Gasteiger charge is 2.26. The Labute approximate surface area is 134 Å². The predicted molar refractivity (Wildman–Crippen MR) is 87.8 cm³/mol. The first-order chi connectivity index (χ1) is 11.2. The number of phenolic OH excluding ortho intramolecular Hbond substituents is 1. The number of aromatic hydroxyl groups is 1. The van der Waals surface area contributed by atoms with E-state index < -0.39 is 0 Å². The van der Waals surface area contributed by atoms with Crippen molar-refractivity contribution in [3.8, 4) is 17.0 Å². The molecule has 23 heavy (non-hydrogen) atoms. The van der Waals surface area contributed by atoms with Crippen LogP contribution in [0.2, 0.25) is 0 Å². The maximum Gasteiger partial charge on any atom is 0.115 e. The van der Waals surface area contributed by atoms with Crippen molar-refractivity contribution in [3.63, 3.8) is 0 Å². The number of hydrogen-bond acceptors (Lipinski definition) is 4. The first-order valence-corrected chi connectivity index (χ1v) is 7.66. The van der Waals surface area contributed by atoms with Gasteiger partial charge in [0.1, 0.15) is 5.75 Å². The first-order valence-electron chi connectivity index (χ1n) is 7.66. The van der Waals surface area contributed by atoms with Crippen LogP contribution < -0.4 is 0 Å². The summed E-state index contributed by atoms with van der Waals surface area (Å²) >= 11 is 0. The van der Waals surface area contributed by atoms with Crippen molar-refractivity contribution in [3.05, 3.63) is 65.6 Å². The lowest BCUT2D eigenvalue weighted by atomic mass is 10.1. The Morgan fingerprint density at radius 2 is 2.09 bits per heavy atom. The molecule has 5 nitrogen and oxygen atoms in total. The van der Waals surface area contributed by atoms with E-state index in [0.717, 1.165) is 35.6 Å². The number of nitrogens with zero attached hydrogens (tertiary/aromatic N) is 4. The first kappa shape index (κ1) is 14.0. The van der Waals surface area contributed by atoms with Gasteiger partial charge in [0.25, 0.3) is 0 Å². The average molecular weight is 306 g/mol. The maximum absolute atomic E-state index is 9.68. The van der Waals surface area contributed by atoms with Crippen LogP contribution in [0.3, 0.4) is 0 Å². The molecular weight excluding hydrogens is 288 g/mol. The Hall–Kier alpha value is -2.66. The fraction of sp³-hybridized carbons (Fsp3) is 0.222. The van der Waals surface area contributed by atoms with Gasteiger partial charge in [-0.25, -0.2) is 0 Å². The number of aromatic nitrogens is 3. The SMILES string of the molecule is CN1Cc2nn(Cc3cccc(O)c3)c(-c3cccnc3)c2C1. The molecule has 5 heteroatoms. The standard InChI is InChI=1S/C18H18N4O/c1-21-11-16-17(12-21)20-22(10-13-4-2-6-15(23)8-13)18(16)14-5-3-7-19-9-14/h2-9,23H,10-12H2,1H3. The van der Waals surface area contributed by atoms with Crippen LogP contribution in [-0.4, -0.2) is 31.8 Å². The van der Waals surface area contributed by atoms with Crippen LogP contribution >= 0.6 is 0 Å². The Bertz CT molecular complexity index is 841. The fourth-order valence-corrected chi connectivity index (χ4v) is 3.19. The molecule has 0 saturated carbocycles. The van der Waals surface area contributed by atoms with Gasteiger partial charge in [0, 0.05) is 36.6 Å². The molecule has 1 aliphatic rings. The summed E-state index contributed by atoms with van der Waals surface area (Å²) < 4.78 is 2.03. The molecule has 1 aliphatic heterocycles. The lowest BCUT2D eigenvalue weighted by Crippen LogP contribution is -2.12. The Morgan fingerprint density at radius 3 is 2.87 bits per heavy atom. The third-order valence-corrected chi connectivity index (χ3v) is 4.16. The zero-order valence-electron chi connectivity index (χ0n) is 13.0. The summed E-state index contributed by atoms with van der Waals surface area (Å²) in [5.41, 5.74) is 5.65. The van der Waals surface area contributed by atoms with E-state index in [1.165, 1.54) is 5.56 Å². The van der Waals surface area contributed by atoms with Gasteiger partial charge in [-0.3, -0.25) is 14.6 Å². The molecule has 0 spiro atoms. The van der Waals surface area contributed by atoms with Crippen molar-refractivity contribution in [1.82, 2.24) is 19.7 Å². The normalized spacial score (nSPS) is 14.1. The lowest BCUT2D eigenvalue weighted by Gasteiger charge is -2.12. The van der Waals surface area contributed by atoms with E-state index in [0.29, 0.717) is 6.54 Å². The highest BCUT2D eigenvalue weighted by atomic mass is 16.3. The summed E-state index contributed by atoms with van der Waals surface area (Å²) in [6.45, 7) is 2.41. The second-order valence-electron chi connectivity index (χ2n) is 6.02. The zero-order valence-corrected chi connectivity index (χ0v) is 13.0. The summed E-state index contributed by atoms with van der Waals surface area (Å²) in [4.78, 5) is 6.51. The second kappa shape index (κ2) is 5.52. The van der Waals surface area contributed by atoms with Crippen LogP contribution in [0, 0.1) is 0 Å². The van der Waals surface area contributed by atoms with E-state index in [4.69, 9.17) is 5.10 Å². The number of pyridine rings is 1. The van der Waals surface area contributed by atoms with Crippen LogP contribution in [-0.2, 0) is 19.6 Å². The van der Waals surface area contributed by atoms with Crippen molar-refractivity contribution in [2.24, 2.45) is 0 Å². The van der Waals surface area contributed by atoms with Gasteiger partial charge >= 0.3 is 0 Å².